The highest BCUT2D eigenvalue weighted by atomic mass is 16.2. The van der Waals surface area contributed by atoms with Gasteiger partial charge in [0.2, 0.25) is 23.6 Å². The van der Waals surface area contributed by atoms with Crippen molar-refractivity contribution in [3.05, 3.63) is 24.3 Å². The van der Waals surface area contributed by atoms with Crippen molar-refractivity contribution in [2.24, 2.45) is 22.9 Å². The molecule has 52 heavy (non-hydrogen) atoms. The van der Waals surface area contributed by atoms with Gasteiger partial charge < -0.3 is 48.7 Å². The van der Waals surface area contributed by atoms with Crippen LogP contribution in [-0.4, -0.2) is 111 Å². The van der Waals surface area contributed by atoms with Gasteiger partial charge in [-0.3, -0.25) is 19.2 Å². The SMILES string of the molecule is CC/C=C\CCC(=O)N(CCCCNCCCN(CCCNC(=O)[C@H](N)CCCCN)C(=O)CC/C=C\CC)CCCNC(=O)[C@H](N)CCCCN. The van der Waals surface area contributed by atoms with Crippen LogP contribution >= 0.6 is 0 Å². The van der Waals surface area contributed by atoms with Gasteiger partial charge in [0, 0.05) is 52.1 Å². The van der Waals surface area contributed by atoms with E-state index in [2.05, 4.69) is 54.1 Å². The molecule has 0 spiro atoms. The van der Waals surface area contributed by atoms with E-state index >= 15 is 0 Å². The minimum atomic E-state index is -0.529. The molecule has 11 N–H and O–H groups in total. The molecule has 0 aliphatic heterocycles. The molecule has 0 aromatic rings. The first-order chi connectivity index (χ1) is 25.2. The summed E-state index contributed by atoms with van der Waals surface area (Å²) in [6.07, 6.45) is 21.2. The fourth-order valence-corrected chi connectivity index (χ4v) is 5.60. The zero-order valence-corrected chi connectivity index (χ0v) is 32.9. The molecule has 0 bridgehead atoms. The lowest BCUT2D eigenvalue weighted by atomic mass is 10.1. The summed E-state index contributed by atoms with van der Waals surface area (Å²) >= 11 is 0. The van der Waals surface area contributed by atoms with Crippen LogP contribution in [0.2, 0.25) is 0 Å². The first kappa shape index (κ1) is 49.2. The molecular formula is C39H77N9O4. The number of unbranched alkanes of at least 4 members (excludes halogenated alkanes) is 3. The molecule has 0 radical (unpaired) electrons. The van der Waals surface area contributed by atoms with Crippen LogP contribution < -0.4 is 38.9 Å². The average molecular weight is 736 g/mol. The highest BCUT2D eigenvalue weighted by molar-refractivity contribution is 5.81. The second-order valence-electron chi connectivity index (χ2n) is 13.5. The smallest absolute Gasteiger partial charge is 0.236 e. The summed E-state index contributed by atoms with van der Waals surface area (Å²) in [5, 5.41) is 9.32. The van der Waals surface area contributed by atoms with Gasteiger partial charge in [0.1, 0.15) is 0 Å². The number of rotatable bonds is 35. The lowest BCUT2D eigenvalue weighted by molar-refractivity contribution is -0.132. The van der Waals surface area contributed by atoms with Crippen LogP contribution in [0.4, 0.5) is 0 Å². The summed E-state index contributed by atoms with van der Waals surface area (Å²) in [6, 6.07) is -1.06. The highest BCUT2D eigenvalue weighted by Gasteiger charge is 2.16. The van der Waals surface area contributed by atoms with Gasteiger partial charge in [0.25, 0.3) is 0 Å². The van der Waals surface area contributed by atoms with E-state index in [4.69, 9.17) is 22.9 Å². The summed E-state index contributed by atoms with van der Waals surface area (Å²) in [5.41, 5.74) is 23.0. The summed E-state index contributed by atoms with van der Waals surface area (Å²) in [5.74, 6) is -0.0375. The van der Waals surface area contributed by atoms with Gasteiger partial charge in [-0.1, -0.05) is 51.0 Å². The van der Waals surface area contributed by atoms with E-state index in [0.29, 0.717) is 90.9 Å². The normalized spacial score (nSPS) is 12.7. The number of nitrogens with zero attached hydrogens (tertiary/aromatic N) is 2. The van der Waals surface area contributed by atoms with E-state index in [1.54, 1.807) is 0 Å². The van der Waals surface area contributed by atoms with Crippen LogP contribution in [0.15, 0.2) is 24.3 Å². The van der Waals surface area contributed by atoms with Crippen molar-refractivity contribution in [1.29, 1.82) is 0 Å². The Morgan fingerprint density at radius 1 is 0.538 bits per heavy atom. The number of nitrogens with one attached hydrogen (secondary N) is 3. The lowest BCUT2D eigenvalue weighted by Gasteiger charge is -2.24. The maximum Gasteiger partial charge on any atom is 0.236 e. The van der Waals surface area contributed by atoms with Crippen LogP contribution in [0.5, 0.6) is 0 Å². The molecule has 0 aliphatic rings. The minimum absolute atomic E-state index is 0.130. The Morgan fingerprint density at radius 2 is 0.942 bits per heavy atom. The zero-order chi connectivity index (χ0) is 38.7. The molecule has 13 heteroatoms. The van der Waals surface area contributed by atoms with E-state index in [1.807, 2.05) is 9.80 Å². The molecule has 2 atom stereocenters. The summed E-state index contributed by atoms with van der Waals surface area (Å²) in [4.78, 5) is 54.5. The molecule has 0 saturated heterocycles. The van der Waals surface area contributed by atoms with Crippen LogP contribution in [-0.2, 0) is 19.2 Å². The largest absolute Gasteiger partial charge is 0.355 e. The molecule has 4 amide bonds. The number of allylic oxidation sites excluding steroid dienone is 4. The Hall–Kier alpha value is -2.84. The Kier molecular flexibility index (Phi) is 33.3. The Bertz CT molecular complexity index is 903. The summed E-state index contributed by atoms with van der Waals surface area (Å²) in [6.45, 7) is 10.4. The third-order valence-corrected chi connectivity index (χ3v) is 8.79. The molecular weight excluding hydrogens is 658 g/mol. The molecule has 302 valence electrons. The average Bonchev–Trinajstić information content (AvgIpc) is 3.14. The van der Waals surface area contributed by atoms with Gasteiger partial charge >= 0.3 is 0 Å². The van der Waals surface area contributed by atoms with Gasteiger partial charge in [-0.2, -0.15) is 0 Å². The number of hydrogen-bond donors (Lipinski definition) is 7. The van der Waals surface area contributed by atoms with Gasteiger partial charge in [-0.25, -0.2) is 0 Å². The standard InChI is InChI=1S/C39H77N9O4/c1-3-5-7-9-22-36(49)47(32-18-28-45-38(51)34(42)20-11-13-24-40)30-16-15-26-44-27-17-31-48(37(50)23-10-8-6-4-2)33-19-29-46-39(52)35(43)21-12-14-25-41/h5-8,34-35,44H,3-4,9-33,40-43H2,1-2H3,(H,45,51)(H,46,52)/b7-5-,8-6-/t34-,35-/m1/s1. The van der Waals surface area contributed by atoms with Crippen molar-refractivity contribution >= 4 is 23.6 Å². The van der Waals surface area contributed by atoms with Crippen molar-refractivity contribution in [2.45, 2.75) is 135 Å². The molecule has 0 unspecified atom stereocenters. The maximum absolute atomic E-state index is 13.0. The van der Waals surface area contributed by atoms with Crippen LogP contribution in [0.1, 0.15) is 123 Å². The molecule has 0 heterocycles. The van der Waals surface area contributed by atoms with E-state index in [9.17, 15) is 19.2 Å². The molecule has 0 fully saturated rings. The quantitative estimate of drug-likeness (QED) is 0.0376. The zero-order valence-electron chi connectivity index (χ0n) is 32.9. The molecule has 0 aliphatic carbocycles. The van der Waals surface area contributed by atoms with Crippen molar-refractivity contribution in [1.82, 2.24) is 25.8 Å². The third kappa shape index (κ3) is 27.8. The number of hydrogen-bond acceptors (Lipinski definition) is 9. The number of amides is 4. The van der Waals surface area contributed by atoms with Gasteiger partial charge in [0.15, 0.2) is 0 Å². The first-order valence-corrected chi connectivity index (χ1v) is 20.2. The van der Waals surface area contributed by atoms with E-state index in [-0.39, 0.29) is 23.6 Å². The predicted molar refractivity (Wildman–Crippen MR) is 214 cm³/mol. The van der Waals surface area contributed by atoms with E-state index in [1.165, 1.54) is 0 Å². The Morgan fingerprint density at radius 3 is 1.37 bits per heavy atom. The van der Waals surface area contributed by atoms with Crippen LogP contribution in [0.25, 0.3) is 0 Å². The summed E-state index contributed by atoms with van der Waals surface area (Å²) < 4.78 is 0. The summed E-state index contributed by atoms with van der Waals surface area (Å²) in [7, 11) is 0. The Balaban J connectivity index is 4.68. The fourth-order valence-electron chi connectivity index (χ4n) is 5.60. The van der Waals surface area contributed by atoms with E-state index in [0.717, 1.165) is 83.7 Å². The van der Waals surface area contributed by atoms with Gasteiger partial charge in [-0.05, 0) is 110 Å². The maximum atomic E-state index is 13.0. The predicted octanol–water partition coefficient (Wildman–Crippen LogP) is 2.82. The van der Waals surface area contributed by atoms with Crippen molar-refractivity contribution in [3.63, 3.8) is 0 Å². The fraction of sp³-hybridized carbons (Fsp3) is 0.795. The second kappa shape index (κ2) is 35.2. The molecule has 0 rings (SSSR count). The molecule has 0 aromatic heterocycles. The van der Waals surface area contributed by atoms with Crippen molar-refractivity contribution in [3.8, 4) is 0 Å². The highest BCUT2D eigenvalue weighted by Crippen LogP contribution is 2.06. The van der Waals surface area contributed by atoms with Gasteiger partial charge in [-0.15, -0.1) is 0 Å². The molecule has 13 nitrogen and oxygen atoms in total. The second-order valence-corrected chi connectivity index (χ2v) is 13.5. The number of carbonyl (C=O) groups is 4. The van der Waals surface area contributed by atoms with Crippen LogP contribution in [0, 0.1) is 0 Å². The number of carbonyl (C=O) groups excluding carboxylic acids is 4. The Labute approximate surface area is 315 Å². The minimum Gasteiger partial charge on any atom is -0.355 e. The molecule has 0 aromatic carbocycles. The lowest BCUT2D eigenvalue weighted by Crippen LogP contribution is -2.42. The third-order valence-electron chi connectivity index (χ3n) is 8.79. The van der Waals surface area contributed by atoms with Gasteiger partial charge in [0.05, 0.1) is 12.1 Å². The number of nitrogens with two attached hydrogens (primary N) is 4. The van der Waals surface area contributed by atoms with E-state index < -0.39 is 12.1 Å². The van der Waals surface area contributed by atoms with Crippen molar-refractivity contribution < 1.29 is 19.2 Å². The first-order valence-electron chi connectivity index (χ1n) is 20.2. The van der Waals surface area contributed by atoms with Crippen LogP contribution in [0.3, 0.4) is 0 Å². The van der Waals surface area contributed by atoms with Crippen molar-refractivity contribution in [2.75, 3.05) is 65.4 Å². The monoisotopic (exact) mass is 736 g/mol. The topological polar surface area (TPSA) is 215 Å². The molecule has 0 saturated carbocycles.